The van der Waals surface area contributed by atoms with Crippen LogP contribution in [0.5, 0.6) is 0 Å². The number of aldehydes is 1. The molecule has 3 nitrogen and oxygen atoms in total. The van der Waals surface area contributed by atoms with Gasteiger partial charge in [-0.3, -0.25) is 4.79 Å². The molecule has 0 atom stereocenters. The minimum atomic E-state index is 0.493. The van der Waals surface area contributed by atoms with Gasteiger partial charge in [-0.2, -0.15) is 11.8 Å². The fourth-order valence-electron chi connectivity index (χ4n) is 1.36. The first-order chi connectivity index (χ1) is 5.92. The SMILES string of the molecule is O=Cc1noc2c1CCSCC2. The van der Waals surface area contributed by atoms with Crippen LogP contribution < -0.4 is 0 Å². The van der Waals surface area contributed by atoms with Crippen LogP contribution in [0.2, 0.25) is 0 Å². The van der Waals surface area contributed by atoms with E-state index < -0.39 is 0 Å². The highest BCUT2D eigenvalue weighted by Gasteiger charge is 2.17. The zero-order chi connectivity index (χ0) is 8.39. The minimum Gasteiger partial charge on any atom is -0.360 e. The molecule has 1 aromatic heterocycles. The number of aromatic nitrogens is 1. The van der Waals surface area contributed by atoms with Crippen LogP contribution in [0, 0.1) is 0 Å². The van der Waals surface area contributed by atoms with E-state index >= 15 is 0 Å². The highest BCUT2D eigenvalue weighted by atomic mass is 32.2. The van der Waals surface area contributed by atoms with Crippen molar-refractivity contribution in [3.05, 3.63) is 17.0 Å². The van der Waals surface area contributed by atoms with Crippen molar-refractivity contribution in [3.8, 4) is 0 Å². The summed E-state index contributed by atoms with van der Waals surface area (Å²) < 4.78 is 5.06. The van der Waals surface area contributed by atoms with Crippen LogP contribution in [0.1, 0.15) is 21.8 Å². The Balaban J connectivity index is 2.38. The van der Waals surface area contributed by atoms with Crippen LogP contribution in [-0.2, 0) is 12.8 Å². The van der Waals surface area contributed by atoms with E-state index in [1.54, 1.807) is 0 Å². The van der Waals surface area contributed by atoms with Crippen molar-refractivity contribution in [1.29, 1.82) is 0 Å². The van der Waals surface area contributed by atoms with Crippen LogP contribution >= 0.6 is 11.8 Å². The molecule has 2 rings (SSSR count). The van der Waals surface area contributed by atoms with E-state index in [0.717, 1.165) is 42.0 Å². The molecule has 1 aliphatic rings. The van der Waals surface area contributed by atoms with Gasteiger partial charge < -0.3 is 4.52 Å². The molecule has 0 amide bonds. The first-order valence-corrected chi connectivity index (χ1v) is 5.07. The average Bonchev–Trinajstić information content (AvgIpc) is 2.33. The van der Waals surface area contributed by atoms with E-state index in [1.165, 1.54) is 0 Å². The van der Waals surface area contributed by atoms with Crippen molar-refractivity contribution in [1.82, 2.24) is 5.16 Å². The monoisotopic (exact) mass is 183 g/mol. The lowest BCUT2D eigenvalue weighted by Crippen LogP contribution is -1.92. The quantitative estimate of drug-likeness (QED) is 0.616. The van der Waals surface area contributed by atoms with Crippen molar-refractivity contribution in [2.24, 2.45) is 0 Å². The van der Waals surface area contributed by atoms with Crippen molar-refractivity contribution in [2.75, 3.05) is 11.5 Å². The summed E-state index contributed by atoms with van der Waals surface area (Å²) in [5.74, 6) is 3.04. The fourth-order valence-corrected chi connectivity index (χ4v) is 2.24. The zero-order valence-corrected chi connectivity index (χ0v) is 7.39. The number of thioether (sulfide) groups is 1. The van der Waals surface area contributed by atoms with Gasteiger partial charge in [-0.1, -0.05) is 5.16 Å². The second-order valence-corrected chi connectivity index (χ2v) is 3.92. The summed E-state index contributed by atoms with van der Waals surface area (Å²) in [5, 5.41) is 3.71. The number of carbonyl (C=O) groups is 1. The molecule has 0 aromatic carbocycles. The highest BCUT2D eigenvalue weighted by molar-refractivity contribution is 7.99. The molecule has 64 valence electrons. The summed E-state index contributed by atoms with van der Waals surface area (Å²) >= 11 is 1.89. The summed E-state index contributed by atoms with van der Waals surface area (Å²) in [4.78, 5) is 10.5. The van der Waals surface area contributed by atoms with E-state index in [1.807, 2.05) is 11.8 Å². The van der Waals surface area contributed by atoms with E-state index in [-0.39, 0.29) is 0 Å². The zero-order valence-electron chi connectivity index (χ0n) is 6.58. The normalized spacial score (nSPS) is 16.7. The summed E-state index contributed by atoms with van der Waals surface area (Å²) in [7, 11) is 0. The van der Waals surface area contributed by atoms with Crippen molar-refractivity contribution in [2.45, 2.75) is 12.8 Å². The molecule has 12 heavy (non-hydrogen) atoms. The lowest BCUT2D eigenvalue weighted by atomic mass is 10.1. The number of nitrogens with zero attached hydrogens (tertiary/aromatic N) is 1. The highest BCUT2D eigenvalue weighted by Crippen LogP contribution is 2.21. The smallest absolute Gasteiger partial charge is 0.172 e. The largest absolute Gasteiger partial charge is 0.360 e. The molecule has 1 aliphatic heterocycles. The van der Waals surface area contributed by atoms with Gasteiger partial charge in [0.05, 0.1) is 0 Å². The van der Waals surface area contributed by atoms with Crippen LogP contribution in [-0.4, -0.2) is 22.9 Å². The Kier molecular flexibility index (Phi) is 2.17. The van der Waals surface area contributed by atoms with Gasteiger partial charge in [0.15, 0.2) is 6.29 Å². The van der Waals surface area contributed by atoms with Crippen LogP contribution in [0.4, 0.5) is 0 Å². The van der Waals surface area contributed by atoms with Crippen LogP contribution in [0.3, 0.4) is 0 Å². The predicted octanol–water partition coefficient (Wildman–Crippen LogP) is 1.32. The third-order valence-corrected chi connectivity index (χ3v) is 2.97. The topological polar surface area (TPSA) is 43.1 Å². The molecule has 0 N–H and O–H groups in total. The van der Waals surface area contributed by atoms with Gasteiger partial charge in [-0.05, 0) is 12.2 Å². The Labute approximate surface area is 74.5 Å². The molecule has 2 heterocycles. The third kappa shape index (κ3) is 1.27. The van der Waals surface area contributed by atoms with Crippen molar-refractivity contribution < 1.29 is 9.32 Å². The summed E-state index contributed by atoms with van der Waals surface area (Å²) in [6.07, 6.45) is 2.59. The van der Waals surface area contributed by atoms with Gasteiger partial charge in [0.2, 0.25) is 0 Å². The lowest BCUT2D eigenvalue weighted by Gasteiger charge is -1.91. The number of fused-ring (bicyclic) bond motifs is 1. The van der Waals surface area contributed by atoms with Crippen molar-refractivity contribution >= 4 is 18.0 Å². The Bertz CT molecular complexity index is 295. The van der Waals surface area contributed by atoms with Gasteiger partial charge in [-0.25, -0.2) is 0 Å². The second-order valence-electron chi connectivity index (χ2n) is 2.70. The Morgan fingerprint density at radius 2 is 2.25 bits per heavy atom. The van der Waals surface area contributed by atoms with Crippen LogP contribution in [0.15, 0.2) is 4.52 Å². The van der Waals surface area contributed by atoms with Crippen molar-refractivity contribution in [3.63, 3.8) is 0 Å². The number of rotatable bonds is 1. The van der Waals surface area contributed by atoms with Gasteiger partial charge in [0.1, 0.15) is 11.5 Å². The maximum Gasteiger partial charge on any atom is 0.172 e. The number of hydrogen-bond acceptors (Lipinski definition) is 4. The van der Waals surface area contributed by atoms with E-state index in [2.05, 4.69) is 5.16 Å². The molecule has 0 radical (unpaired) electrons. The second kappa shape index (κ2) is 3.31. The molecule has 4 heteroatoms. The first-order valence-electron chi connectivity index (χ1n) is 3.92. The molecule has 0 saturated carbocycles. The summed E-state index contributed by atoms with van der Waals surface area (Å²) in [6.45, 7) is 0. The Morgan fingerprint density at radius 1 is 1.42 bits per heavy atom. The number of aryl methyl sites for hydroxylation is 1. The maximum atomic E-state index is 10.5. The van der Waals surface area contributed by atoms with Gasteiger partial charge in [0, 0.05) is 17.7 Å². The summed E-state index contributed by atoms with van der Waals surface area (Å²) in [6, 6.07) is 0. The van der Waals surface area contributed by atoms with Gasteiger partial charge >= 0.3 is 0 Å². The molecule has 0 unspecified atom stereocenters. The summed E-state index contributed by atoms with van der Waals surface area (Å²) in [5.41, 5.74) is 1.52. The van der Waals surface area contributed by atoms with Crippen LogP contribution in [0.25, 0.3) is 0 Å². The Hall–Kier alpha value is -0.770. The molecule has 0 bridgehead atoms. The minimum absolute atomic E-state index is 0.493. The standard InChI is InChI=1S/C8H9NO2S/c10-5-7-6-1-3-12-4-2-8(6)11-9-7/h5H,1-4H2. The molecule has 0 spiro atoms. The van der Waals surface area contributed by atoms with E-state index in [9.17, 15) is 4.79 Å². The number of carbonyl (C=O) groups excluding carboxylic acids is 1. The van der Waals surface area contributed by atoms with Gasteiger partial charge in [-0.15, -0.1) is 0 Å². The first kappa shape index (κ1) is 7.86. The molecule has 1 aromatic rings. The third-order valence-electron chi connectivity index (χ3n) is 1.98. The lowest BCUT2D eigenvalue weighted by molar-refractivity contribution is 0.111. The molecular weight excluding hydrogens is 174 g/mol. The molecule has 0 fully saturated rings. The van der Waals surface area contributed by atoms with E-state index in [0.29, 0.717) is 5.69 Å². The molecule has 0 aliphatic carbocycles. The predicted molar refractivity (Wildman–Crippen MR) is 46.6 cm³/mol. The fraction of sp³-hybridized carbons (Fsp3) is 0.500. The maximum absolute atomic E-state index is 10.5. The molecular formula is C8H9NO2S. The van der Waals surface area contributed by atoms with Gasteiger partial charge in [0.25, 0.3) is 0 Å². The number of hydrogen-bond donors (Lipinski definition) is 0. The van der Waals surface area contributed by atoms with E-state index in [4.69, 9.17) is 4.52 Å². The molecule has 0 saturated heterocycles. The average molecular weight is 183 g/mol. The Morgan fingerprint density at radius 3 is 3.08 bits per heavy atom.